The van der Waals surface area contributed by atoms with Crippen molar-refractivity contribution in [2.75, 3.05) is 6.61 Å². The maximum atomic E-state index is 12.4. The van der Waals surface area contributed by atoms with Crippen molar-refractivity contribution in [3.8, 4) is 17.4 Å². The van der Waals surface area contributed by atoms with Crippen molar-refractivity contribution >= 4 is 22.5 Å². The zero-order valence-corrected chi connectivity index (χ0v) is 14.4. The molecule has 7 heteroatoms. The van der Waals surface area contributed by atoms with Crippen LogP contribution in [0.4, 0.5) is 5.69 Å². The number of nitrogens with zero attached hydrogens (tertiary/aromatic N) is 3. The highest BCUT2D eigenvalue weighted by molar-refractivity contribution is 5.95. The number of carbonyl (C=O) groups excluding carboxylic acids is 1. The van der Waals surface area contributed by atoms with Gasteiger partial charge < -0.3 is 19.1 Å². The zero-order chi connectivity index (χ0) is 18.8. The van der Waals surface area contributed by atoms with Gasteiger partial charge in [0.15, 0.2) is 17.2 Å². The minimum Gasteiger partial charge on any atom is -0.493 e. The molecule has 0 saturated heterocycles. The molecular formula is C20H17N3O4. The number of allylic oxidation sites excluding steroid dienone is 1. The summed E-state index contributed by atoms with van der Waals surface area (Å²) in [5.74, 6) is 0.426. The number of hydrogen-bond donors (Lipinski definition) is 1. The standard InChI is InChI=1S/C20H17N3O4/c1-2-11-23-14-8-4-3-7-13(14)18(20(23)25)21-22-19(24)17-12-26-15-9-5-6-10-16(15)27-17/h2-10,17,25H,1,11-12H2/t17-/m0/s1. The molecule has 7 nitrogen and oxygen atoms in total. The van der Waals surface area contributed by atoms with Gasteiger partial charge in [-0.2, -0.15) is 0 Å². The number of rotatable bonds is 4. The lowest BCUT2D eigenvalue weighted by atomic mass is 10.2. The van der Waals surface area contributed by atoms with Gasteiger partial charge in [-0.3, -0.25) is 4.79 Å². The number of hydrogen-bond acceptors (Lipinski definition) is 5. The predicted octanol–water partition coefficient (Wildman–Crippen LogP) is 3.98. The summed E-state index contributed by atoms with van der Waals surface area (Å²) in [7, 11) is 0. The third-order valence-corrected chi connectivity index (χ3v) is 4.26. The highest BCUT2D eigenvalue weighted by atomic mass is 16.6. The van der Waals surface area contributed by atoms with Gasteiger partial charge in [-0.05, 0) is 18.2 Å². The van der Waals surface area contributed by atoms with Crippen LogP contribution >= 0.6 is 0 Å². The van der Waals surface area contributed by atoms with Crippen molar-refractivity contribution in [1.29, 1.82) is 0 Å². The maximum absolute atomic E-state index is 12.4. The molecule has 0 bridgehead atoms. The van der Waals surface area contributed by atoms with E-state index in [0.717, 1.165) is 5.52 Å². The van der Waals surface area contributed by atoms with Crippen LogP contribution in [0.3, 0.4) is 0 Å². The Morgan fingerprint density at radius 1 is 1.22 bits per heavy atom. The topological polar surface area (TPSA) is 85.4 Å². The summed E-state index contributed by atoms with van der Waals surface area (Å²) < 4.78 is 12.8. The molecule has 2 heterocycles. The second-order valence-electron chi connectivity index (χ2n) is 5.99. The van der Waals surface area contributed by atoms with E-state index in [9.17, 15) is 9.90 Å². The van der Waals surface area contributed by atoms with Crippen LogP contribution in [-0.2, 0) is 11.3 Å². The second kappa shape index (κ2) is 6.95. The molecule has 2 aromatic carbocycles. The summed E-state index contributed by atoms with van der Waals surface area (Å²) in [6, 6.07) is 14.5. The van der Waals surface area contributed by atoms with Crippen molar-refractivity contribution in [1.82, 2.24) is 4.57 Å². The van der Waals surface area contributed by atoms with E-state index < -0.39 is 12.0 Å². The molecule has 0 fully saturated rings. The van der Waals surface area contributed by atoms with Crippen molar-refractivity contribution in [2.24, 2.45) is 10.2 Å². The van der Waals surface area contributed by atoms with Crippen LogP contribution in [-0.4, -0.2) is 28.3 Å². The number of carbonyl (C=O) groups is 1. The number of azo groups is 1. The Kier molecular flexibility index (Phi) is 4.33. The number of ether oxygens (including phenoxy) is 2. The average molecular weight is 363 g/mol. The van der Waals surface area contributed by atoms with E-state index in [1.54, 1.807) is 28.8 Å². The summed E-state index contributed by atoms with van der Waals surface area (Å²) in [6.07, 6.45) is 0.787. The third kappa shape index (κ3) is 3.03. The van der Waals surface area contributed by atoms with Gasteiger partial charge in [0.2, 0.25) is 12.0 Å². The Morgan fingerprint density at radius 3 is 2.78 bits per heavy atom. The molecule has 27 heavy (non-hydrogen) atoms. The normalized spacial score (nSPS) is 15.9. The smallest absolute Gasteiger partial charge is 0.308 e. The molecular weight excluding hydrogens is 346 g/mol. The van der Waals surface area contributed by atoms with E-state index in [-0.39, 0.29) is 18.2 Å². The van der Waals surface area contributed by atoms with E-state index >= 15 is 0 Å². The van der Waals surface area contributed by atoms with Crippen LogP contribution in [0.2, 0.25) is 0 Å². The van der Waals surface area contributed by atoms with Crippen molar-refractivity contribution in [3.63, 3.8) is 0 Å². The van der Waals surface area contributed by atoms with E-state index in [2.05, 4.69) is 16.8 Å². The molecule has 0 aliphatic carbocycles. The molecule has 0 radical (unpaired) electrons. The van der Waals surface area contributed by atoms with Gasteiger partial charge in [0, 0.05) is 11.9 Å². The number of fused-ring (bicyclic) bond motifs is 2. The zero-order valence-electron chi connectivity index (χ0n) is 14.4. The highest BCUT2D eigenvalue weighted by Gasteiger charge is 2.27. The van der Waals surface area contributed by atoms with Crippen LogP contribution in [0.15, 0.2) is 71.4 Å². The first-order valence-electron chi connectivity index (χ1n) is 8.44. The molecule has 1 atom stereocenters. The Morgan fingerprint density at radius 2 is 1.96 bits per heavy atom. The van der Waals surface area contributed by atoms with Crippen LogP contribution in [0.1, 0.15) is 0 Å². The Balaban J connectivity index is 1.61. The van der Waals surface area contributed by atoms with Crippen molar-refractivity contribution < 1.29 is 19.4 Å². The number of aromatic nitrogens is 1. The fourth-order valence-corrected chi connectivity index (χ4v) is 2.99. The van der Waals surface area contributed by atoms with E-state index in [1.807, 2.05) is 30.3 Å². The van der Waals surface area contributed by atoms with Crippen molar-refractivity contribution in [2.45, 2.75) is 12.6 Å². The van der Waals surface area contributed by atoms with Gasteiger partial charge in [0.1, 0.15) is 6.61 Å². The highest BCUT2D eigenvalue weighted by Crippen LogP contribution is 2.39. The fraction of sp³-hybridized carbons (Fsp3) is 0.150. The van der Waals surface area contributed by atoms with Crippen molar-refractivity contribution in [3.05, 3.63) is 61.2 Å². The summed E-state index contributed by atoms with van der Waals surface area (Å²) in [6.45, 7) is 4.16. The average Bonchev–Trinajstić information content (AvgIpc) is 2.97. The van der Waals surface area contributed by atoms with Crippen LogP contribution < -0.4 is 9.47 Å². The number of aromatic hydroxyl groups is 1. The lowest BCUT2D eigenvalue weighted by molar-refractivity contribution is -0.127. The summed E-state index contributed by atoms with van der Waals surface area (Å²) in [5.41, 5.74) is 1.01. The fourth-order valence-electron chi connectivity index (χ4n) is 2.99. The predicted molar refractivity (Wildman–Crippen MR) is 99.7 cm³/mol. The Labute approximate surface area is 155 Å². The first-order chi connectivity index (χ1) is 13.2. The van der Waals surface area contributed by atoms with E-state index in [1.165, 1.54) is 0 Å². The number of para-hydroxylation sites is 3. The van der Waals surface area contributed by atoms with Crippen LogP contribution in [0.25, 0.3) is 10.9 Å². The first-order valence-corrected chi connectivity index (χ1v) is 8.44. The molecule has 0 unspecified atom stereocenters. The van der Waals surface area contributed by atoms with E-state index in [0.29, 0.717) is 23.4 Å². The Hall–Kier alpha value is -3.61. The van der Waals surface area contributed by atoms with Gasteiger partial charge in [-0.25, -0.2) is 0 Å². The van der Waals surface area contributed by atoms with Gasteiger partial charge in [0.25, 0.3) is 0 Å². The molecule has 0 spiro atoms. The van der Waals surface area contributed by atoms with Gasteiger partial charge in [-0.1, -0.05) is 36.4 Å². The largest absolute Gasteiger partial charge is 0.493 e. The lowest BCUT2D eigenvalue weighted by Crippen LogP contribution is -2.35. The molecule has 1 aromatic heterocycles. The lowest BCUT2D eigenvalue weighted by Gasteiger charge is -2.23. The maximum Gasteiger partial charge on any atom is 0.308 e. The molecule has 1 aliphatic rings. The van der Waals surface area contributed by atoms with Gasteiger partial charge in [0.05, 0.1) is 5.52 Å². The summed E-state index contributed by atoms with van der Waals surface area (Å²) in [5, 5.41) is 18.9. The van der Waals surface area contributed by atoms with Gasteiger partial charge in [-0.15, -0.1) is 16.8 Å². The van der Waals surface area contributed by atoms with Crippen LogP contribution in [0, 0.1) is 0 Å². The molecule has 1 aliphatic heterocycles. The van der Waals surface area contributed by atoms with Gasteiger partial charge >= 0.3 is 5.91 Å². The molecule has 0 saturated carbocycles. The quantitative estimate of drug-likeness (QED) is 0.561. The summed E-state index contributed by atoms with van der Waals surface area (Å²) >= 11 is 0. The minimum absolute atomic E-state index is 0.0546. The SMILES string of the molecule is C=CCn1c(O)c(N=NC(=O)[C@@H]2COc3ccccc3O2)c2ccccc21. The summed E-state index contributed by atoms with van der Waals surface area (Å²) in [4.78, 5) is 12.4. The molecule has 136 valence electrons. The number of benzene rings is 2. The number of amides is 1. The molecule has 1 amide bonds. The van der Waals surface area contributed by atoms with Crippen LogP contribution in [0.5, 0.6) is 17.4 Å². The molecule has 4 rings (SSSR count). The van der Waals surface area contributed by atoms with E-state index in [4.69, 9.17) is 9.47 Å². The molecule has 3 aromatic rings. The third-order valence-electron chi connectivity index (χ3n) is 4.26. The monoisotopic (exact) mass is 363 g/mol. The Bertz CT molecular complexity index is 1050. The first kappa shape index (κ1) is 16.8. The molecule has 1 N–H and O–H groups in total. The minimum atomic E-state index is -0.882. The second-order valence-corrected chi connectivity index (χ2v) is 5.99.